The number of carbonyl (C=O) groups is 6. The molecule has 0 aliphatic carbocycles. The van der Waals surface area contributed by atoms with Crippen LogP contribution in [-0.2, 0) is 48.4 Å². The summed E-state index contributed by atoms with van der Waals surface area (Å²) in [5.74, 6) is -0.369. The molecule has 0 aromatic heterocycles. The predicted molar refractivity (Wildman–Crippen MR) is 287 cm³/mol. The maximum absolute atomic E-state index is 12.6. The SMILES string of the molecule is COC(=O)c1ccc2c(c1)CCN(C(=O)c1ccc(OC)cc1)C2.COC(=O)c1ccc2c(c1)CCNC2.COc1ccc(C(=O)N2CCc3cc(C(=O)O)ccc3C2)cc1.COc1ccc(C(=O)O)cc1.[2H]CI. The van der Waals surface area contributed by atoms with Gasteiger partial charge in [-0.1, -0.05) is 40.8 Å². The Labute approximate surface area is 445 Å². The van der Waals surface area contributed by atoms with Gasteiger partial charge in [0, 0.05) is 45.2 Å². The Morgan fingerprint density at radius 1 is 0.473 bits per heavy atom. The van der Waals surface area contributed by atoms with Gasteiger partial charge >= 0.3 is 23.9 Å². The molecule has 0 spiro atoms. The molecule has 0 fully saturated rings. The lowest BCUT2D eigenvalue weighted by atomic mass is 9.96. The minimum absolute atomic E-state index is 0.000322. The summed E-state index contributed by atoms with van der Waals surface area (Å²) in [4.78, 5) is 73.5. The maximum Gasteiger partial charge on any atom is 0.337 e. The van der Waals surface area contributed by atoms with Gasteiger partial charge in [0.1, 0.15) is 17.2 Å². The van der Waals surface area contributed by atoms with Gasteiger partial charge in [-0.2, -0.15) is 0 Å². The number of aromatic carboxylic acids is 2. The Bertz CT molecular complexity index is 2920. The van der Waals surface area contributed by atoms with Crippen LogP contribution < -0.4 is 19.5 Å². The third-order valence-electron chi connectivity index (χ3n) is 12.2. The zero-order valence-electron chi connectivity index (χ0n) is 42.9. The number of alkyl halides is 1. The molecule has 0 unspecified atom stereocenters. The first-order chi connectivity index (χ1) is 36.2. The predicted octanol–water partition coefficient (Wildman–Crippen LogP) is 8.84. The minimum atomic E-state index is -0.926. The number of amides is 2. The molecule has 0 saturated carbocycles. The van der Waals surface area contributed by atoms with Crippen LogP contribution in [0.5, 0.6) is 17.2 Å². The first kappa shape index (κ1) is 55.5. The molecule has 3 aliphatic rings. The molecule has 0 saturated heterocycles. The van der Waals surface area contributed by atoms with E-state index in [2.05, 4.69) is 10.1 Å². The van der Waals surface area contributed by atoms with Crippen LogP contribution in [0.25, 0.3) is 0 Å². The number of methoxy groups -OCH3 is 5. The van der Waals surface area contributed by atoms with Crippen molar-refractivity contribution in [1.29, 1.82) is 0 Å². The average Bonchev–Trinajstić information content (AvgIpc) is 3.46. The Morgan fingerprint density at radius 3 is 1.19 bits per heavy atom. The van der Waals surface area contributed by atoms with E-state index in [9.17, 15) is 28.8 Å². The van der Waals surface area contributed by atoms with Gasteiger partial charge in [-0.3, -0.25) is 9.59 Å². The van der Waals surface area contributed by atoms with Gasteiger partial charge in [0.05, 0.1) is 57.8 Å². The van der Waals surface area contributed by atoms with Crippen LogP contribution in [0.2, 0.25) is 0 Å². The topological polar surface area (TPSA) is 208 Å². The van der Waals surface area contributed by atoms with E-state index in [1.807, 2.05) is 57.8 Å². The molecule has 16 nitrogen and oxygen atoms in total. The van der Waals surface area contributed by atoms with Crippen molar-refractivity contribution in [2.45, 2.75) is 38.9 Å². The molecule has 6 aromatic carbocycles. The summed E-state index contributed by atoms with van der Waals surface area (Å²) < 4.78 is 30.7. The van der Waals surface area contributed by atoms with Gasteiger partial charge in [0.2, 0.25) is 0 Å². The number of nitrogens with one attached hydrogen (secondary N) is 1. The molecule has 3 heterocycles. The second-order valence-electron chi connectivity index (χ2n) is 16.6. The van der Waals surface area contributed by atoms with E-state index >= 15 is 0 Å². The van der Waals surface area contributed by atoms with Crippen molar-refractivity contribution >= 4 is 58.3 Å². The van der Waals surface area contributed by atoms with E-state index in [-0.39, 0.29) is 29.3 Å². The number of rotatable bonds is 9. The first-order valence-corrected chi connectivity index (χ1v) is 24.7. The van der Waals surface area contributed by atoms with E-state index in [1.54, 1.807) is 104 Å². The molecule has 0 atom stereocenters. The van der Waals surface area contributed by atoms with Crippen LogP contribution in [0.1, 0.15) is 96.9 Å². The Morgan fingerprint density at radius 2 is 0.811 bits per heavy atom. The largest absolute Gasteiger partial charge is 0.497 e. The maximum atomic E-state index is 12.6. The fourth-order valence-corrected chi connectivity index (χ4v) is 8.12. The summed E-state index contributed by atoms with van der Waals surface area (Å²) in [6.07, 6.45) is 2.38. The lowest BCUT2D eigenvalue weighted by Gasteiger charge is -2.29. The third kappa shape index (κ3) is 15.6. The van der Waals surface area contributed by atoms with Crippen molar-refractivity contribution in [2.75, 3.05) is 60.1 Å². The van der Waals surface area contributed by atoms with Crippen molar-refractivity contribution in [2.24, 2.45) is 0 Å². The lowest BCUT2D eigenvalue weighted by molar-refractivity contribution is 0.0591. The number of fused-ring (bicyclic) bond motifs is 3. The number of carboxylic acid groups (broad SMARTS) is 2. The van der Waals surface area contributed by atoms with Gasteiger partial charge in [-0.25, -0.2) is 19.2 Å². The van der Waals surface area contributed by atoms with Crippen LogP contribution in [0.3, 0.4) is 0 Å². The van der Waals surface area contributed by atoms with Crippen LogP contribution in [-0.4, -0.2) is 116 Å². The average molecular weight is 1120 g/mol. The molecular weight excluding hydrogens is 1060 g/mol. The molecule has 0 bridgehead atoms. The van der Waals surface area contributed by atoms with Crippen LogP contribution in [0, 0.1) is 0 Å². The summed E-state index contributed by atoms with van der Waals surface area (Å²) in [5, 5.41) is 20.8. The highest BCUT2D eigenvalue weighted by Gasteiger charge is 2.24. The summed E-state index contributed by atoms with van der Waals surface area (Å²) in [7, 11) is 7.50. The molecule has 9 rings (SSSR count). The summed E-state index contributed by atoms with van der Waals surface area (Å²) >= 11 is 1.96. The van der Waals surface area contributed by atoms with Gasteiger partial charge in [0.15, 0.2) is 0 Å². The highest BCUT2D eigenvalue weighted by Crippen LogP contribution is 2.25. The molecule has 17 heteroatoms. The Balaban J connectivity index is 0.000000189. The molecular formula is C57H60IN3O13. The number of benzene rings is 6. The zero-order valence-corrected chi connectivity index (χ0v) is 44.0. The Kier molecular flexibility index (Phi) is 21.4. The standard InChI is InChI=1S/C19H19NO4.C18H17NO4.C11H13NO2.C8H8O3.CH3I/c1-23-17-7-5-13(6-8-17)18(21)20-10-9-14-11-15(19(22)24-2)3-4-16(14)12-20;1-23-16-6-4-12(5-7-16)17(20)19-9-8-13-10-14(18(21)22)2-3-15(13)11-19;1-14-11(13)9-2-3-10-7-12-5-4-8(10)6-9;1-11-7-4-2-6(3-5-7)8(9)10;1-2/h3-8,11H,9-10,12H2,1-2H3;2-7,10H,8-9,11H2,1H3,(H,21,22);2-3,6,12H,4-5,7H2,1H3;2-5H,1H3,(H,9,10);1H3/i;;;;1D. The minimum Gasteiger partial charge on any atom is -0.497 e. The molecule has 3 aliphatic heterocycles. The number of ether oxygens (including phenoxy) is 5. The number of halogens is 1. The summed E-state index contributed by atoms with van der Waals surface area (Å²) in [5.41, 5.74) is 9.72. The van der Waals surface area contributed by atoms with E-state index in [1.165, 1.54) is 44.6 Å². The van der Waals surface area contributed by atoms with E-state index in [0.29, 0.717) is 76.8 Å². The van der Waals surface area contributed by atoms with Gasteiger partial charge in [0.25, 0.3) is 11.8 Å². The molecule has 0 radical (unpaired) electrons. The molecule has 74 heavy (non-hydrogen) atoms. The van der Waals surface area contributed by atoms with E-state index < -0.39 is 11.9 Å². The number of carboxylic acids is 2. The zero-order chi connectivity index (χ0) is 54.4. The monoisotopic (exact) mass is 1120 g/mol. The van der Waals surface area contributed by atoms with E-state index in [0.717, 1.165) is 53.9 Å². The molecule has 2 amide bonds. The number of hydrogen-bond acceptors (Lipinski definition) is 12. The fourth-order valence-electron chi connectivity index (χ4n) is 8.12. The quantitative estimate of drug-likeness (QED) is 0.0703. The normalized spacial score (nSPS) is 12.8. The Hall–Kier alpha value is -7.77. The third-order valence-corrected chi connectivity index (χ3v) is 12.2. The summed E-state index contributed by atoms with van der Waals surface area (Å²) in [6, 6.07) is 36.7. The lowest BCUT2D eigenvalue weighted by Crippen LogP contribution is -2.36. The van der Waals surface area contributed by atoms with Crippen molar-refractivity contribution in [3.05, 3.63) is 194 Å². The number of carbonyl (C=O) groups excluding carboxylic acids is 4. The highest BCUT2D eigenvalue weighted by atomic mass is 127. The first-order valence-electron chi connectivity index (χ1n) is 23.9. The second-order valence-corrected chi connectivity index (χ2v) is 16.6. The molecule has 388 valence electrons. The molecule has 3 N–H and O–H groups in total. The fraction of sp³-hybridized carbons (Fsp3) is 0.263. The summed E-state index contributed by atoms with van der Waals surface area (Å²) in [6.45, 7) is 4.14. The smallest absolute Gasteiger partial charge is 0.337 e. The van der Waals surface area contributed by atoms with Crippen LogP contribution >= 0.6 is 22.6 Å². The van der Waals surface area contributed by atoms with E-state index in [4.69, 9.17) is 30.5 Å². The van der Waals surface area contributed by atoms with Crippen molar-refractivity contribution in [3.63, 3.8) is 0 Å². The number of esters is 2. The van der Waals surface area contributed by atoms with Crippen LogP contribution in [0.4, 0.5) is 0 Å². The van der Waals surface area contributed by atoms with Gasteiger partial charge in [-0.05, 0) is 173 Å². The van der Waals surface area contributed by atoms with Crippen LogP contribution in [0.15, 0.2) is 127 Å². The van der Waals surface area contributed by atoms with Gasteiger partial charge in [-0.15, -0.1) is 0 Å². The number of nitrogens with zero attached hydrogens (tertiary/aromatic N) is 2. The molecule has 6 aromatic rings. The van der Waals surface area contributed by atoms with Crippen molar-refractivity contribution in [1.82, 2.24) is 15.1 Å². The highest BCUT2D eigenvalue weighted by molar-refractivity contribution is 14.1. The number of hydrogen-bond donors (Lipinski definition) is 3. The second kappa shape index (κ2) is 28.5. The van der Waals surface area contributed by atoms with Crippen molar-refractivity contribution in [3.8, 4) is 17.2 Å². The van der Waals surface area contributed by atoms with Gasteiger partial charge < -0.3 is 49.0 Å². The van der Waals surface area contributed by atoms with Crippen molar-refractivity contribution < 1.29 is 64.0 Å².